The molecule has 0 unspecified atom stereocenters. The van der Waals surface area contributed by atoms with Crippen LogP contribution in [0, 0.1) is 5.92 Å². The van der Waals surface area contributed by atoms with Gasteiger partial charge in [0.25, 0.3) is 5.91 Å². The van der Waals surface area contributed by atoms with Crippen LogP contribution in [0.1, 0.15) is 95.2 Å². The van der Waals surface area contributed by atoms with E-state index in [0.29, 0.717) is 47.1 Å². The summed E-state index contributed by atoms with van der Waals surface area (Å²) in [5.74, 6) is 1.75. The van der Waals surface area contributed by atoms with E-state index in [9.17, 15) is 18.0 Å². The van der Waals surface area contributed by atoms with E-state index in [0.717, 1.165) is 54.5 Å². The van der Waals surface area contributed by atoms with Crippen LogP contribution in [0.3, 0.4) is 0 Å². The van der Waals surface area contributed by atoms with Crippen molar-refractivity contribution in [2.24, 2.45) is 13.0 Å². The number of pyridine rings is 1. The Hall–Kier alpha value is -4.17. The summed E-state index contributed by atoms with van der Waals surface area (Å²) in [4.78, 5) is 38.8. The van der Waals surface area contributed by atoms with Gasteiger partial charge in [0.2, 0.25) is 10.0 Å². The van der Waals surface area contributed by atoms with Crippen LogP contribution in [0.25, 0.3) is 33.6 Å². The van der Waals surface area contributed by atoms with Gasteiger partial charge in [-0.3, -0.25) is 4.79 Å². The molecular formula is C37H49N7O6S. The van der Waals surface area contributed by atoms with Crippen LogP contribution in [0.5, 0.6) is 5.75 Å². The smallest absolute Gasteiger partial charge is 0.407 e. The number of methoxy groups -OCH3 is 1. The van der Waals surface area contributed by atoms with Gasteiger partial charge >= 0.3 is 6.09 Å². The highest BCUT2D eigenvalue weighted by molar-refractivity contribution is 7.89. The number of aromatic nitrogens is 4. The number of ether oxygens (including phenoxy) is 2. The van der Waals surface area contributed by atoms with E-state index in [1.165, 1.54) is 0 Å². The van der Waals surface area contributed by atoms with Gasteiger partial charge in [-0.2, -0.15) is 0 Å². The molecule has 13 nitrogen and oxygen atoms in total. The number of hydrogen-bond acceptors (Lipinski definition) is 8. The number of sulfonamides is 1. The molecule has 3 aromatic heterocycles. The lowest BCUT2D eigenvalue weighted by Gasteiger charge is -2.27. The first-order valence-electron chi connectivity index (χ1n) is 18.0. The maximum absolute atomic E-state index is 14.2. The van der Waals surface area contributed by atoms with Crippen molar-refractivity contribution in [1.82, 2.24) is 34.0 Å². The molecule has 1 aromatic carbocycles. The van der Waals surface area contributed by atoms with Crippen LogP contribution >= 0.6 is 0 Å². The second-order valence-electron chi connectivity index (χ2n) is 15.4. The lowest BCUT2D eigenvalue weighted by Crippen LogP contribution is -2.46. The molecule has 5 heterocycles. The molecule has 0 spiro atoms. The van der Waals surface area contributed by atoms with Gasteiger partial charge in [-0.05, 0) is 102 Å². The van der Waals surface area contributed by atoms with E-state index in [-0.39, 0.29) is 29.8 Å². The number of aryl methyl sites for hydroxylation is 1. The van der Waals surface area contributed by atoms with Crippen LogP contribution in [0.2, 0.25) is 0 Å². The third kappa shape index (κ3) is 6.92. The van der Waals surface area contributed by atoms with Crippen molar-refractivity contribution in [2.45, 2.75) is 109 Å². The van der Waals surface area contributed by atoms with Crippen LogP contribution in [0.4, 0.5) is 4.79 Å². The fraction of sp³-hybridized carbons (Fsp3) is 0.568. The summed E-state index contributed by atoms with van der Waals surface area (Å²) in [5.41, 5.74) is 3.62. The summed E-state index contributed by atoms with van der Waals surface area (Å²) in [7, 11) is 0.129. The molecule has 274 valence electrons. The number of hydrogen-bond donors (Lipinski definition) is 2. The first-order valence-corrected chi connectivity index (χ1v) is 19.7. The number of fused-ring (bicyclic) bond motifs is 4. The van der Waals surface area contributed by atoms with Crippen LogP contribution in [0.15, 0.2) is 30.3 Å². The van der Waals surface area contributed by atoms with Crippen molar-refractivity contribution in [3.8, 4) is 17.3 Å². The molecule has 3 aliphatic rings. The summed E-state index contributed by atoms with van der Waals surface area (Å²) in [6, 6.07) is 8.84. The average Bonchev–Trinajstić information content (AvgIpc) is 3.36. The number of imidazole rings is 1. The molecule has 1 saturated carbocycles. The van der Waals surface area contributed by atoms with E-state index in [2.05, 4.69) is 20.7 Å². The molecular weight excluding hydrogens is 671 g/mol. The highest BCUT2D eigenvalue weighted by Gasteiger charge is 2.49. The lowest BCUT2D eigenvalue weighted by molar-refractivity contribution is 0.0484. The van der Waals surface area contributed by atoms with Gasteiger partial charge in [-0.15, -0.1) is 0 Å². The van der Waals surface area contributed by atoms with Gasteiger partial charge in [0.1, 0.15) is 22.5 Å². The molecule has 2 bridgehead atoms. The van der Waals surface area contributed by atoms with Crippen LogP contribution < -0.4 is 14.8 Å². The first kappa shape index (κ1) is 35.2. The maximum atomic E-state index is 14.2. The molecule has 4 atom stereocenters. The Bertz CT molecular complexity index is 2110. The van der Waals surface area contributed by atoms with Gasteiger partial charge < -0.3 is 28.8 Å². The summed E-state index contributed by atoms with van der Waals surface area (Å²) >= 11 is 0. The number of carbonyl (C=O) groups excluding carboxylic acids is 2. The molecule has 2 aliphatic heterocycles. The SMILES string of the molecule is CCCS(=O)(=O)N[C@H](C)c1ccc2cc(-c3nc4cc(C(=O)N5[C@H]6CC[C@@H]5[C@H](NC(=O)OC(C)(C)C)C6)cc(OC)c4n3C)n(CC3CC3)c2n1. The normalized spacial score (nSPS) is 21.1. The topological polar surface area (TPSA) is 150 Å². The van der Waals surface area contributed by atoms with Crippen molar-refractivity contribution in [2.75, 3.05) is 12.9 Å². The quantitative estimate of drug-likeness (QED) is 0.202. The number of amides is 2. The van der Waals surface area contributed by atoms with Crippen molar-refractivity contribution < 1.29 is 27.5 Å². The number of nitrogens with one attached hydrogen (secondary N) is 2. The van der Waals surface area contributed by atoms with Gasteiger partial charge in [-0.25, -0.2) is 27.9 Å². The van der Waals surface area contributed by atoms with Gasteiger partial charge in [-0.1, -0.05) is 6.92 Å². The number of rotatable bonds is 11. The van der Waals surface area contributed by atoms with E-state index in [1.54, 1.807) is 13.2 Å². The minimum atomic E-state index is -3.42. The molecule has 51 heavy (non-hydrogen) atoms. The number of nitrogens with zero attached hydrogens (tertiary/aromatic N) is 5. The van der Waals surface area contributed by atoms with Gasteiger partial charge in [0.05, 0.1) is 47.9 Å². The lowest BCUT2D eigenvalue weighted by atomic mass is 9.96. The minimum Gasteiger partial charge on any atom is -0.494 e. The Labute approximate surface area is 299 Å². The molecule has 2 amide bonds. The Kier molecular flexibility index (Phi) is 9.06. The van der Waals surface area contributed by atoms with E-state index in [1.807, 2.05) is 69.3 Å². The Balaban J connectivity index is 1.22. The zero-order chi connectivity index (χ0) is 36.4. The van der Waals surface area contributed by atoms with Gasteiger partial charge in [0, 0.05) is 30.6 Å². The fourth-order valence-corrected chi connectivity index (χ4v) is 9.17. The second kappa shape index (κ2) is 13.1. The molecule has 2 saturated heterocycles. The number of alkyl carbamates (subject to hydrolysis) is 1. The van der Waals surface area contributed by atoms with Crippen molar-refractivity contribution in [3.63, 3.8) is 0 Å². The summed E-state index contributed by atoms with van der Waals surface area (Å²) < 4.78 is 43.4. The van der Waals surface area contributed by atoms with E-state index < -0.39 is 27.8 Å². The van der Waals surface area contributed by atoms with E-state index in [4.69, 9.17) is 19.4 Å². The molecule has 0 radical (unpaired) electrons. The molecule has 1 aliphatic carbocycles. The maximum Gasteiger partial charge on any atom is 0.407 e. The van der Waals surface area contributed by atoms with Crippen molar-refractivity contribution in [3.05, 3.63) is 41.6 Å². The average molecular weight is 720 g/mol. The largest absolute Gasteiger partial charge is 0.494 e. The molecule has 4 aromatic rings. The highest BCUT2D eigenvalue weighted by atomic mass is 32.2. The van der Waals surface area contributed by atoms with Crippen molar-refractivity contribution >= 4 is 44.1 Å². The predicted molar refractivity (Wildman–Crippen MR) is 195 cm³/mol. The highest BCUT2D eigenvalue weighted by Crippen LogP contribution is 2.41. The number of benzene rings is 1. The second-order valence-corrected chi connectivity index (χ2v) is 17.3. The fourth-order valence-electron chi connectivity index (χ4n) is 7.86. The Morgan fingerprint density at radius 2 is 1.84 bits per heavy atom. The van der Waals surface area contributed by atoms with Gasteiger partial charge in [0.15, 0.2) is 5.82 Å². The third-order valence-electron chi connectivity index (χ3n) is 10.3. The predicted octanol–water partition coefficient (Wildman–Crippen LogP) is 5.67. The van der Waals surface area contributed by atoms with Crippen LogP contribution in [-0.4, -0.2) is 81.0 Å². The monoisotopic (exact) mass is 719 g/mol. The van der Waals surface area contributed by atoms with E-state index >= 15 is 0 Å². The van der Waals surface area contributed by atoms with Crippen molar-refractivity contribution in [1.29, 1.82) is 0 Å². The summed E-state index contributed by atoms with van der Waals surface area (Å²) in [6.07, 6.45) is 4.74. The number of carbonyl (C=O) groups is 2. The first-order chi connectivity index (χ1) is 24.2. The summed E-state index contributed by atoms with van der Waals surface area (Å²) in [6.45, 7) is 9.93. The third-order valence-corrected chi connectivity index (χ3v) is 11.9. The molecule has 14 heteroatoms. The molecule has 2 N–H and O–H groups in total. The Morgan fingerprint density at radius 3 is 2.53 bits per heavy atom. The zero-order valence-corrected chi connectivity index (χ0v) is 31.3. The summed E-state index contributed by atoms with van der Waals surface area (Å²) in [5, 5.41) is 3.95. The molecule has 3 fully saturated rings. The molecule has 7 rings (SSSR count). The minimum absolute atomic E-state index is 0.0311. The zero-order valence-electron chi connectivity index (χ0n) is 30.5. The van der Waals surface area contributed by atoms with Crippen LogP contribution in [-0.2, 0) is 28.4 Å². The standard InChI is InChI=1S/C37H49N7O6S/c1-8-15-51(47,48)41-21(2)26-13-11-23-17-30(43(33(23)38-26)20-22-9-10-22)34-39-28-16-24(18-31(49-7)32(28)42(34)6)35(45)44-25-12-14-29(44)27(19-25)40-36(46)50-37(3,4)5/h11,13,16-18,21-22,25,27,29,41H,8-10,12,14-15,19-20H2,1-7H3,(H,40,46)/t21-,25+,27-,29-/m1/s1. The Morgan fingerprint density at radius 1 is 1.08 bits per heavy atom.